The van der Waals surface area contributed by atoms with Crippen LogP contribution in [0.15, 0.2) is 41.7 Å². The molecular weight excluding hydrogens is 376 g/mol. The van der Waals surface area contributed by atoms with E-state index in [-0.39, 0.29) is 11.9 Å². The molecule has 0 saturated heterocycles. The van der Waals surface area contributed by atoms with Gasteiger partial charge in [-0.25, -0.2) is 4.79 Å². The van der Waals surface area contributed by atoms with Gasteiger partial charge in [0.15, 0.2) is 0 Å². The zero-order valence-corrected chi connectivity index (χ0v) is 19.0. The molecule has 2 unspecified atom stereocenters. The minimum Gasteiger partial charge on any atom is -0.511 e. The second kappa shape index (κ2) is 10.00. The van der Waals surface area contributed by atoms with Crippen LogP contribution in [-0.2, 0) is 19.9 Å². The van der Waals surface area contributed by atoms with Crippen molar-refractivity contribution in [2.24, 2.45) is 11.8 Å². The molecule has 4 nitrogen and oxygen atoms in total. The maximum absolute atomic E-state index is 13.3. The van der Waals surface area contributed by atoms with Crippen molar-refractivity contribution in [2.45, 2.75) is 96.9 Å². The molecule has 1 saturated carbocycles. The molecule has 1 aliphatic heterocycles. The van der Waals surface area contributed by atoms with Crippen LogP contribution in [0.5, 0.6) is 0 Å². The fourth-order valence-corrected chi connectivity index (χ4v) is 4.70. The van der Waals surface area contributed by atoms with Crippen molar-refractivity contribution >= 4 is 5.97 Å². The van der Waals surface area contributed by atoms with E-state index in [0.717, 1.165) is 24.8 Å². The van der Waals surface area contributed by atoms with Crippen molar-refractivity contribution < 1.29 is 19.4 Å². The van der Waals surface area contributed by atoms with Crippen LogP contribution in [0.25, 0.3) is 0 Å². The molecule has 1 aromatic carbocycles. The van der Waals surface area contributed by atoms with E-state index in [4.69, 9.17) is 9.47 Å². The summed E-state index contributed by atoms with van der Waals surface area (Å²) in [6.45, 7) is 8.57. The van der Waals surface area contributed by atoms with E-state index < -0.39 is 17.7 Å². The summed E-state index contributed by atoms with van der Waals surface area (Å²) in [5.74, 6) is 0.556. The van der Waals surface area contributed by atoms with Crippen LogP contribution in [0.1, 0.15) is 84.6 Å². The molecule has 1 aliphatic carbocycles. The van der Waals surface area contributed by atoms with E-state index in [0.29, 0.717) is 36.7 Å². The van der Waals surface area contributed by atoms with Crippen molar-refractivity contribution in [3.8, 4) is 0 Å². The average Bonchev–Trinajstić information content (AvgIpc) is 3.19. The van der Waals surface area contributed by atoms with Crippen LogP contribution in [0, 0.1) is 11.8 Å². The Labute approximate surface area is 181 Å². The molecule has 2 atom stereocenters. The molecule has 0 radical (unpaired) electrons. The predicted molar refractivity (Wildman–Crippen MR) is 119 cm³/mol. The number of aliphatic hydroxyl groups is 1. The lowest BCUT2D eigenvalue weighted by molar-refractivity contribution is -0.164. The molecule has 0 aromatic heterocycles. The van der Waals surface area contributed by atoms with Gasteiger partial charge in [-0.1, -0.05) is 70.9 Å². The summed E-state index contributed by atoms with van der Waals surface area (Å²) in [7, 11) is 0. The summed E-state index contributed by atoms with van der Waals surface area (Å²) in [5.41, 5.74) is 0.472. The lowest BCUT2D eigenvalue weighted by atomic mass is 9.80. The third-order valence-corrected chi connectivity index (χ3v) is 6.36. The number of aliphatic hydroxyl groups excluding tert-OH is 1. The van der Waals surface area contributed by atoms with Gasteiger partial charge in [0.05, 0.1) is 12.2 Å². The molecule has 2 aliphatic rings. The summed E-state index contributed by atoms with van der Waals surface area (Å²) in [6.07, 6.45) is 6.78. The lowest BCUT2D eigenvalue weighted by Crippen LogP contribution is -2.42. The molecule has 1 N–H and O–H groups in total. The third kappa shape index (κ3) is 5.46. The fourth-order valence-electron chi connectivity index (χ4n) is 4.70. The number of carbonyl (C=O) groups excluding carboxylic acids is 1. The first-order chi connectivity index (χ1) is 14.3. The van der Waals surface area contributed by atoms with E-state index in [1.165, 1.54) is 12.8 Å². The number of benzene rings is 1. The Balaban J connectivity index is 1.92. The maximum atomic E-state index is 13.3. The van der Waals surface area contributed by atoms with Gasteiger partial charge in [-0.05, 0) is 49.5 Å². The van der Waals surface area contributed by atoms with Crippen LogP contribution in [0.3, 0.4) is 0 Å². The number of ether oxygens (including phenoxy) is 2. The third-order valence-electron chi connectivity index (χ3n) is 6.36. The van der Waals surface area contributed by atoms with Crippen molar-refractivity contribution in [1.82, 2.24) is 0 Å². The van der Waals surface area contributed by atoms with E-state index in [1.54, 1.807) is 0 Å². The fraction of sp³-hybridized carbons (Fsp3) is 0.654. The summed E-state index contributed by atoms with van der Waals surface area (Å²) >= 11 is 0. The second-order valence-electron chi connectivity index (χ2n) is 9.88. The first-order valence-corrected chi connectivity index (χ1v) is 11.7. The Morgan fingerprint density at radius 2 is 1.77 bits per heavy atom. The minimum atomic E-state index is -0.814. The molecule has 1 fully saturated rings. The topological polar surface area (TPSA) is 55.8 Å². The number of carbonyl (C=O) groups is 1. The second-order valence-corrected chi connectivity index (χ2v) is 9.88. The number of rotatable bonds is 9. The average molecular weight is 415 g/mol. The van der Waals surface area contributed by atoms with Gasteiger partial charge in [-0.2, -0.15) is 0 Å². The first kappa shape index (κ1) is 22.9. The largest absolute Gasteiger partial charge is 0.511 e. The van der Waals surface area contributed by atoms with Gasteiger partial charge in [0.2, 0.25) is 0 Å². The Hall–Kier alpha value is -1.81. The summed E-state index contributed by atoms with van der Waals surface area (Å²) < 4.78 is 12.5. The predicted octanol–water partition coefficient (Wildman–Crippen LogP) is 6.45. The Kier molecular flexibility index (Phi) is 7.62. The summed E-state index contributed by atoms with van der Waals surface area (Å²) in [6, 6.07) is 9.86. The molecule has 30 heavy (non-hydrogen) atoms. The quantitative estimate of drug-likeness (QED) is 0.472. The summed E-state index contributed by atoms with van der Waals surface area (Å²) in [5, 5.41) is 11.2. The number of cyclic esters (lactones) is 1. The molecule has 1 heterocycles. The van der Waals surface area contributed by atoms with Crippen LogP contribution in [-0.4, -0.2) is 23.3 Å². The van der Waals surface area contributed by atoms with Gasteiger partial charge in [0, 0.05) is 6.42 Å². The zero-order valence-electron chi connectivity index (χ0n) is 19.0. The van der Waals surface area contributed by atoms with Gasteiger partial charge in [-0.3, -0.25) is 0 Å². The van der Waals surface area contributed by atoms with Gasteiger partial charge >= 0.3 is 5.97 Å². The Bertz CT molecular complexity index is 731. The van der Waals surface area contributed by atoms with Crippen LogP contribution in [0.4, 0.5) is 0 Å². The monoisotopic (exact) mass is 414 g/mol. The standard InChI is InChI=1S/C26H38O4/c1-18(2)14-15-26(20-10-6-5-7-11-20)17-22(27)24(25(28)30-26)23(16-19(3)4)29-21-12-8-9-13-21/h5-7,10-11,18-19,21,23,27H,8-9,12-17H2,1-4H3. The minimum absolute atomic E-state index is 0.141. The first-order valence-electron chi connectivity index (χ1n) is 11.7. The van der Waals surface area contributed by atoms with Gasteiger partial charge in [-0.15, -0.1) is 0 Å². The number of esters is 1. The highest BCUT2D eigenvalue weighted by Crippen LogP contribution is 2.43. The van der Waals surface area contributed by atoms with Crippen molar-refractivity contribution in [3.63, 3.8) is 0 Å². The maximum Gasteiger partial charge on any atom is 0.341 e. The number of hydrogen-bond donors (Lipinski definition) is 1. The number of hydrogen-bond acceptors (Lipinski definition) is 4. The molecule has 1 aromatic rings. The normalized spacial score (nSPS) is 24.0. The molecule has 166 valence electrons. The molecule has 3 rings (SSSR count). The van der Waals surface area contributed by atoms with Gasteiger partial charge in [0.25, 0.3) is 0 Å². The highest BCUT2D eigenvalue weighted by Gasteiger charge is 2.45. The van der Waals surface area contributed by atoms with Crippen LogP contribution < -0.4 is 0 Å². The van der Waals surface area contributed by atoms with E-state index in [1.807, 2.05) is 30.3 Å². The molecule has 0 bridgehead atoms. The van der Waals surface area contributed by atoms with Crippen LogP contribution >= 0.6 is 0 Å². The molecule has 0 spiro atoms. The molecule has 0 amide bonds. The van der Waals surface area contributed by atoms with Crippen molar-refractivity contribution in [3.05, 3.63) is 47.2 Å². The van der Waals surface area contributed by atoms with E-state index in [9.17, 15) is 9.90 Å². The van der Waals surface area contributed by atoms with Crippen molar-refractivity contribution in [2.75, 3.05) is 0 Å². The van der Waals surface area contributed by atoms with Crippen LogP contribution in [0.2, 0.25) is 0 Å². The van der Waals surface area contributed by atoms with Gasteiger partial charge in [0.1, 0.15) is 16.9 Å². The molecule has 4 heteroatoms. The van der Waals surface area contributed by atoms with Crippen molar-refractivity contribution in [1.29, 1.82) is 0 Å². The molecular formula is C26H38O4. The van der Waals surface area contributed by atoms with E-state index in [2.05, 4.69) is 27.7 Å². The summed E-state index contributed by atoms with van der Waals surface area (Å²) in [4.78, 5) is 13.3. The zero-order chi connectivity index (χ0) is 21.7. The Morgan fingerprint density at radius 1 is 1.10 bits per heavy atom. The SMILES string of the molecule is CC(C)CCC1(c2ccccc2)CC(O)=C(C(CC(C)C)OC2CCCC2)C(=O)O1. The van der Waals surface area contributed by atoms with Gasteiger partial charge < -0.3 is 14.6 Å². The highest BCUT2D eigenvalue weighted by atomic mass is 16.6. The Morgan fingerprint density at radius 3 is 2.33 bits per heavy atom. The lowest BCUT2D eigenvalue weighted by Gasteiger charge is -2.40. The smallest absolute Gasteiger partial charge is 0.341 e. The van der Waals surface area contributed by atoms with E-state index >= 15 is 0 Å². The highest BCUT2D eigenvalue weighted by molar-refractivity contribution is 5.91.